The lowest BCUT2D eigenvalue weighted by Crippen LogP contribution is -2.47. The molecule has 0 aliphatic carbocycles. The summed E-state index contributed by atoms with van der Waals surface area (Å²) in [5.74, 6) is -4.14. The van der Waals surface area contributed by atoms with Gasteiger partial charge >= 0.3 is 11.9 Å². The largest absolute Gasteiger partial charge is 0.478 e. The molecule has 2 aliphatic heterocycles. The molecule has 2 aromatic rings. The molecule has 200 valence electrons. The van der Waals surface area contributed by atoms with Gasteiger partial charge in [-0.3, -0.25) is 4.79 Å². The quantitative estimate of drug-likeness (QED) is 0.447. The van der Waals surface area contributed by atoms with E-state index in [9.17, 15) is 24.6 Å². The number of carboxylic acids is 2. The molecule has 0 bridgehead atoms. The molecule has 0 spiro atoms. The molecule has 1 atom stereocenters. The number of nitrogens with zero attached hydrogens (tertiary/aromatic N) is 2. The van der Waals surface area contributed by atoms with E-state index >= 15 is 0 Å². The van der Waals surface area contributed by atoms with Crippen LogP contribution in [0.3, 0.4) is 0 Å². The molecule has 2 aliphatic rings. The molecular weight excluding hydrogens is 529 g/mol. The van der Waals surface area contributed by atoms with E-state index in [4.69, 9.17) is 23.2 Å². The van der Waals surface area contributed by atoms with Crippen LogP contribution in [0.1, 0.15) is 29.9 Å². The Morgan fingerprint density at radius 1 is 0.842 bits per heavy atom. The first-order valence-corrected chi connectivity index (χ1v) is 13.1. The number of amides is 1. The van der Waals surface area contributed by atoms with Gasteiger partial charge < -0.3 is 25.3 Å². The number of halogens is 2. The number of carbonyl (C=O) groups excluding carboxylic acids is 1. The lowest BCUT2D eigenvalue weighted by Gasteiger charge is -2.35. The molecule has 10 heteroatoms. The standard InChI is InChI=1S/C28H29Cl2N3O5/c1-32-12-14-33(15-13-32)22(34)16-21-25(28(37)38)26(23-18(29)8-5-9-19(23)30)24(27(35)36)20(31-21)11-10-17-6-3-2-4-7-17/h2-9,26,31H,10-16H2,1H3,(H,35,36)(H,37,38). The van der Waals surface area contributed by atoms with Crippen molar-refractivity contribution in [1.29, 1.82) is 0 Å². The van der Waals surface area contributed by atoms with Crippen LogP contribution in [0.2, 0.25) is 10.0 Å². The molecule has 0 saturated carbocycles. The van der Waals surface area contributed by atoms with Crippen molar-refractivity contribution >= 4 is 41.0 Å². The fraction of sp³-hybridized carbons (Fsp3) is 0.321. The van der Waals surface area contributed by atoms with Crippen LogP contribution in [-0.2, 0) is 20.8 Å². The first kappa shape index (κ1) is 27.7. The summed E-state index contributed by atoms with van der Waals surface area (Å²) in [4.78, 5) is 42.5. The van der Waals surface area contributed by atoms with Crippen molar-refractivity contribution in [2.75, 3.05) is 33.2 Å². The predicted octanol–water partition coefficient (Wildman–Crippen LogP) is 4.15. The minimum Gasteiger partial charge on any atom is -0.478 e. The Hall–Kier alpha value is -3.33. The van der Waals surface area contributed by atoms with E-state index in [1.807, 2.05) is 37.4 Å². The summed E-state index contributed by atoms with van der Waals surface area (Å²) in [7, 11) is 1.98. The van der Waals surface area contributed by atoms with Gasteiger partial charge in [-0.25, -0.2) is 9.59 Å². The van der Waals surface area contributed by atoms with Gasteiger partial charge in [0.05, 0.1) is 23.5 Å². The highest BCUT2D eigenvalue weighted by molar-refractivity contribution is 6.36. The number of nitrogens with one attached hydrogen (secondary N) is 1. The fourth-order valence-corrected chi connectivity index (χ4v) is 5.58. The SMILES string of the molecule is CN1CCN(C(=O)CC2=C(C(=O)O)C(c3c(Cl)cccc3Cl)C(C(=O)O)=C(CCc3ccccc3)N2)CC1. The normalized spacial score (nSPS) is 18.4. The van der Waals surface area contributed by atoms with Crippen LogP contribution >= 0.6 is 23.2 Å². The zero-order valence-electron chi connectivity index (χ0n) is 20.9. The van der Waals surface area contributed by atoms with Crippen molar-refractivity contribution in [2.45, 2.75) is 25.2 Å². The van der Waals surface area contributed by atoms with Gasteiger partial charge in [-0.15, -0.1) is 0 Å². The summed E-state index contributed by atoms with van der Waals surface area (Å²) in [5.41, 5.74) is 1.26. The number of carboxylic acid groups (broad SMARTS) is 2. The number of benzene rings is 2. The van der Waals surface area contributed by atoms with E-state index in [1.54, 1.807) is 23.1 Å². The van der Waals surface area contributed by atoms with Crippen LogP contribution in [0, 0.1) is 0 Å². The molecule has 4 rings (SSSR count). The summed E-state index contributed by atoms with van der Waals surface area (Å²) in [6.45, 7) is 2.49. The van der Waals surface area contributed by atoms with Crippen LogP contribution in [0.15, 0.2) is 71.1 Å². The number of aryl methyl sites for hydroxylation is 1. The Balaban J connectivity index is 1.81. The van der Waals surface area contributed by atoms with E-state index in [-0.39, 0.29) is 51.2 Å². The Kier molecular flexibility index (Phi) is 8.76. The fourth-order valence-electron chi connectivity index (χ4n) is 4.96. The number of allylic oxidation sites excluding steroid dienone is 1. The number of aliphatic carboxylic acids is 2. The average molecular weight is 558 g/mol. The summed E-state index contributed by atoms with van der Waals surface area (Å²) in [6.07, 6.45) is 0.569. The van der Waals surface area contributed by atoms with E-state index < -0.39 is 17.9 Å². The van der Waals surface area contributed by atoms with Gasteiger partial charge in [0, 0.05) is 53.2 Å². The molecule has 8 nitrogen and oxygen atoms in total. The minimum atomic E-state index is -1.35. The Morgan fingerprint density at radius 3 is 2.00 bits per heavy atom. The Bertz CT molecular complexity index is 1280. The number of likely N-dealkylation sites (N-methyl/N-ethyl adjacent to an activating group) is 1. The first-order valence-electron chi connectivity index (χ1n) is 12.3. The van der Waals surface area contributed by atoms with Crippen molar-refractivity contribution in [3.63, 3.8) is 0 Å². The molecule has 2 heterocycles. The maximum absolute atomic E-state index is 13.3. The molecule has 38 heavy (non-hydrogen) atoms. The summed E-state index contributed by atoms with van der Waals surface area (Å²) >= 11 is 13.0. The molecule has 1 unspecified atom stereocenters. The van der Waals surface area contributed by atoms with E-state index in [0.717, 1.165) is 5.56 Å². The minimum absolute atomic E-state index is 0.147. The zero-order chi connectivity index (χ0) is 27.4. The van der Waals surface area contributed by atoms with Gasteiger partial charge in [0.15, 0.2) is 0 Å². The molecule has 1 saturated heterocycles. The van der Waals surface area contributed by atoms with Crippen LogP contribution in [-0.4, -0.2) is 71.1 Å². The lowest BCUT2D eigenvalue weighted by atomic mass is 9.78. The van der Waals surface area contributed by atoms with Gasteiger partial charge in [0.25, 0.3) is 0 Å². The summed E-state index contributed by atoms with van der Waals surface area (Å²) < 4.78 is 0. The van der Waals surface area contributed by atoms with Gasteiger partial charge in [0.2, 0.25) is 5.91 Å². The summed E-state index contributed by atoms with van der Waals surface area (Å²) in [6, 6.07) is 14.2. The third-order valence-corrected chi connectivity index (χ3v) is 7.63. The third-order valence-electron chi connectivity index (χ3n) is 6.97. The molecule has 2 aromatic carbocycles. The van der Waals surface area contributed by atoms with Crippen LogP contribution in [0.4, 0.5) is 0 Å². The van der Waals surface area contributed by atoms with E-state index in [0.29, 0.717) is 38.3 Å². The highest BCUT2D eigenvalue weighted by Gasteiger charge is 2.41. The van der Waals surface area contributed by atoms with Crippen molar-refractivity contribution in [3.05, 3.63) is 92.2 Å². The second-order valence-electron chi connectivity index (χ2n) is 9.43. The molecule has 3 N–H and O–H groups in total. The van der Waals surface area contributed by atoms with Crippen LogP contribution < -0.4 is 5.32 Å². The Labute approximate surface area is 231 Å². The van der Waals surface area contributed by atoms with Crippen LogP contribution in [0.5, 0.6) is 0 Å². The van der Waals surface area contributed by atoms with Gasteiger partial charge in [-0.1, -0.05) is 59.6 Å². The zero-order valence-corrected chi connectivity index (χ0v) is 22.4. The topological polar surface area (TPSA) is 110 Å². The average Bonchev–Trinajstić information content (AvgIpc) is 2.87. The van der Waals surface area contributed by atoms with Crippen molar-refractivity contribution in [1.82, 2.24) is 15.1 Å². The van der Waals surface area contributed by atoms with Crippen molar-refractivity contribution < 1.29 is 24.6 Å². The second kappa shape index (κ2) is 12.0. The molecule has 1 fully saturated rings. The lowest BCUT2D eigenvalue weighted by molar-refractivity contribution is -0.133. The molecule has 1 amide bonds. The maximum atomic E-state index is 13.3. The molecule has 0 aromatic heterocycles. The second-order valence-corrected chi connectivity index (χ2v) is 10.2. The van der Waals surface area contributed by atoms with E-state index in [2.05, 4.69) is 10.2 Å². The van der Waals surface area contributed by atoms with Crippen LogP contribution in [0.25, 0.3) is 0 Å². The number of hydrogen-bond acceptors (Lipinski definition) is 5. The van der Waals surface area contributed by atoms with Gasteiger partial charge in [-0.2, -0.15) is 0 Å². The van der Waals surface area contributed by atoms with Crippen molar-refractivity contribution in [2.24, 2.45) is 0 Å². The van der Waals surface area contributed by atoms with Crippen molar-refractivity contribution in [3.8, 4) is 0 Å². The highest BCUT2D eigenvalue weighted by Crippen LogP contribution is 2.45. The molecular formula is C28H29Cl2N3O5. The number of carbonyl (C=O) groups is 3. The molecule has 0 radical (unpaired) electrons. The number of dihydropyridines is 1. The predicted molar refractivity (Wildman–Crippen MR) is 145 cm³/mol. The van der Waals surface area contributed by atoms with E-state index in [1.165, 1.54) is 0 Å². The number of piperazine rings is 1. The first-order chi connectivity index (χ1) is 18.2. The third kappa shape index (κ3) is 6.04. The monoisotopic (exact) mass is 557 g/mol. The number of hydrogen-bond donors (Lipinski definition) is 3. The highest BCUT2D eigenvalue weighted by atomic mass is 35.5. The Morgan fingerprint density at radius 2 is 1.42 bits per heavy atom. The number of rotatable bonds is 8. The maximum Gasteiger partial charge on any atom is 0.334 e. The van der Waals surface area contributed by atoms with Gasteiger partial charge in [-0.05, 0) is 37.6 Å². The summed E-state index contributed by atoms with van der Waals surface area (Å²) in [5, 5.41) is 24.0. The smallest absolute Gasteiger partial charge is 0.334 e. The van der Waals surface area contributed by atoms with Gasteiger partial charge in [0.1, 0.15) is 0 Å².